The molecule has 2 rings (SSSR count). The van der Waals surface area contributed by atoms with E-state index >= 15 is 0 Å². The molecule has 0 aliphatic heterocycles. The van der Waals surface area contributed by atoms with E-state index in [0.717, 1.165) is 25.1 Å². The van der Waals surface area contributed by atoms with Gasteiger partial charge in [-0.25, -0.2) is 4.39 Å². The van der Waals surface area contributed by atoms with Crippen molar-refractivity contribution >= 4 is 15.9 Å². The fourth-order valence-corrected chi connectivity index (χ4v) is 3.27. The summed E-state index contributed by atoms with van der Waals surface area (Å²) in [6, 6.07) is 5.10. The van der Waals surface area contributed by atoms with Gasteiger partial charge >= 0.3 is 0 Å². The SMILES string of the molecule is OCC1CCCCC1CNCc1ccc(F)c(Br)c1. The van der Waals surface area contributed by atoms with E-state index in [2.05, 4.69) is 21.2 Å². The highest BCUT2D eigenvalue weighted by molar-refractivity contribution is 9.10. The van der Waals surface area contributed by atoms with Crippen LogP contribution in [0.2, 0.25) is 0 Å². The number of benzene rings is 1. The topological polar surface area (TPSA) is 32.3 Å². The van der Waals surface area contributed by atoms with Crippen molar-refractivity contribution in [1.82, 2.24) is 5.32 Å². The van der Waals surface area contributed by atoms with E-state index in [-0.39, 0.29) is 5.82 Å². The zero-order chi connectivity index (χ0) is 13.7. The number of nitrogens with one attached hydrogen (secondary N) is 1. The van der Waals surface area contributed by atoms with Crippen molar-refractivity contribution in [1.29, 1.82) is 0 Å². The molecule has 106 valence electrons. The average Bonchev–Trinajstić information content (AvgIpc) is 2.43. The maximum Gasteiger partial charge on any atom is 0.137 e. The summed E-state index contributed by atoms with van der Waals surface area (Å²) in [5.41, 5.74) is 1.07. The summed E-state index contributed by atoms with van der Waals surface area (Å²) in [4.78, 5) is 0. The second-order valence-electron chi connectivity index (χ2n) is 5.37. The van der Waals surface area contributed by atoms with Gasteiger partial charge in [0.15, 0.2) is 0 Å². The average molecular weight is 330 g/mol. The lowest BCUT2D eigenvalue weighted by Crippen LogP contribution is -2.32. The molecule has 1 aliphatic rings. The Labute approximate surface area is 122 Å². The molecule has 4 heteroatoms. The Bertz CT molecular complexity index is 413. The highest BCUT2D eigenvalue weighted by Crippen LogP contribution is 2.29. The van der Waals surface area contributed by atoms with Crippen LogP contribution in [0.25, 0.3) is 0 Å². The molecule has 0 bridgehead atoms. The van der Waals surface area contributed by atoms with Crippen molar-refractivity contribution in [2.45, 2.75) is 32.2 Å². The van der Waals surface area contributed by atoms with Crippen molar-refractivity contribution < 1.29 is 9.50 Å². The maximum atomic E-state index is 13.1. The summed E-state index contributed by atoms with van der Waals surface area (Å²) in [6.07, 6.45) is 4.86. The first-order valence-corrected chi connectivity index (χ1v) is 7.75. The molecular formula is C15H21BrFNO. The third-order valence-corrected chi connectivity index (χ3v) is 4.63. The van der Waals surface area contributed by atoms with Crippen LogP contribution < -0.4 is 5.32 Å². The molecule has 2 atom stereocenters. The summed E-state index contributed by atoms with van der Waals surface area (Å²) >= 11 is 3.20. The van der Waals surface area contributed by atoms with Gasteiger partial charge in [0.05, 0.1) is 4.47 Å². The molecule has 1 fully saturated rings. The van der Waals surface area contributed by atoms with E-state index in [1.807, 2.05) is 6.07 Å². The van der Waals surface area contributed by atoms with Crippen LogP contribution in [0.15, 0.2) is 22.7 Å². The summed E-state index contributed by atoms with van der Waals surface area (Å²) in [5, 5.41) is 12.8. The number of rotatable bonds is 5. The van der Waals surface area contributed by atoms with Crippen LogP contribution in [0, 0.1) is 17.7 Å². The Morgan fingerprint density at radius 2 is 2.00 bits per heavy atom. The molecule has 2 N–H and O–H groups in total. The predicted octanol–water partition coefficient (Wildman–Crippen LogP) is 3.48. The van der Waals surface area contributed by atoms with Gasteiger partial charge in [0.25, 0.3) is 0 Å². The molecule has 0 amide bonds. The maximum absolute atomic E-state index is 13.1. The van der Waals surface area contributed by atoms with E-state index in [1.54, 1.807) is 6.07 Å². The molecule has 0 radical (unpaired) electrons. The van der Waals surface area contributed by atoms with Gasteiger partial charge in [-0.2, -0.15) is 0 Å². The number of hydrogen-bond donors (Lipinski definition) is 2. The molecule has 19 heavy (non-hydrogen) atoms. The normalized spacial score (nSPS) is 23.5. The summed E-state index contributed by atoms with van der Waals surface area (Å²) in [5.74, 6) is 0.792. The quantitative estimate of drug-likeness (QED) is 0.866. The Kier molecular flexibility index (Phi) is 5.79. The lowest BCUT2D eigenvalue weighted by molar-refractivity contribution is 0.133. The predicted molar refractivity (Wildman–Crippen MR) is 78.3 cm³/mol. The minimum absolute atomic E-state index is 0.226. The van der Waals surface area contributed by atoms with E-state index < -0.39 is 0 Å². The molecule has 1 aromatic rings. The molecule has 0 heterocycles. The van der Waals surface area contributed by atoms with Crippen LogP contribution in [-0.2, 0) is 6.54 Å². The smallest absolute Gasteiger partial charge is 0.137 e. The van der Waals surface area contributed by atoms with Crippen molar-refractivity contribution in [3.05, 3.63) is 34.1 Å². The molecule has 1 aliphatic carbocycles. The van der Waals surface area contributed by atoms with E-state index in [4.69, 9.17) is 0 Å². The lowest BCUT2D eigenvalue weighted by Gasteiger charge is -2.30. The van der Waals surface area contributed by atoms with Crippen LogP contribution in [0.3, 0.4) is 0 Å². The zero-order valence-electron chi connectivity index (χ0n) is 11.0. The molecule has 0 saturated heterocycles. The largest absolute Gasteiger partial charge is 0.396 e. The molecule has 2 nitrogen and oxygen atoms in total. The van der Waals surface area contributed by atoms with Crippen LogP contribution >= 0.6 is 15.9 Å². The molecule has 1 saturated carbocycles. The first-order chi connectivity index (χ1) is 9.20. The molecule has 1 aromatic carbocycles. The second kappa shape index (κ2) is 7.36. The van der Waals surface area contributed by atoms with E-state index in [1.165, 1.54) is 25.3 Å². The highest BCUT2D eigenvalue weighted by Gasteiger charge is 2.23. The molecular weight excluding hydrogens is 309 g/mol. The molecule has 0 spiro atoms. The van der Waals surface area contributed by atoms with Crippen LogP contribution in [0.4, 0.5) is 4.39 Å². The van der Waals surface area contributed by atoms with Gasteiger partial charge in [-0.15, -0.1) is 0 Å². The minimum atomic E-state index is -0.226. The first kappa shape index (κ1) is 14.9. The number of aliphatic hydroxyl groups excluding tert-OH is 1. The lowest BCUT2D eigenvalue weighted by atomic mass is 9.79. The van der Waals surface area contributed by atoms with Crippen molar-refractivity contribution in [3.63, 3.8) is 0 Å². The number of hydrogen-bond acceptors (Lipinski definition) is 2. The summed E-state index contributed by atoms with van der Waals surface area (Å²) in [6.45, 7) is 1.97. The van der Waals surface area contributed by atoms with E-state index in [9.17, 15) is 9.50 Å². The van der Waals surface area contributed by atoms with Crippen molar-refractivity contribution in [3.8, 4) is 0 Å². The standard InChI is InChI=1S/C15H21BrFNO/c16-14-7-11(5-6-15(14)17)8-18-9-12-3-1-2-4-13(12)10-19/h5-7,12-13,18-19H,1-4,8-10H2. The third kappa shape index (κ3) is 4.26. The van der Waals surface area contributed by atoms with Crippen LogP contribution in [-0.4, -0.2) is 18.3 Å². The van der Waals surface area contributed by atoms with Crippen molar-refractivity contribution in [2.24, 2.45) is 11.8 Å². The fourth-order valence-electron chi connectivity index (χ4n) is 2.85. The number of halogens is 2. The minimum Gasteiger partial charge on any atom is -0.396 e. The molecule has 2 unspecified atom stereocenters. The highest BCUT2D eigenvalue weighted by atomic mass is 79.9. The summed E-state index contributed by atoms with van der Waals surface area (Å²) < 4.78 is 13.6. The van der Waals surface area contributed by atoms with Gasteiger partial charge in [0.2, 0.25) is 0 Å². The van der Waals surface area contributed by atoms with E-state index in [0.29, 0.717) is 22.9 Å². The Hall–Kier alpha value is -0.450. The number of aliphatic hydroxyl groups is 1. The Balaban J connectivity index is 1.80. The Morgan fingerprint density at radius 1 is 1.26 bits per heavy atom. The monoisotopic (exact) mass is 329 g/mol. The van der Waals surface area contributed by atoms with Crippen LogP contribution in [0.5, 0.6) is 0 Å². The zero-order valence-corrected chi connectivity index (χ0v) is 12.6. The third-order valence-electron chi connectivity index (χ3n) is 4.02. The van der Waals surface area contributed by atoms with Gasteiger partial charge in [0, 0.05) is 13.2 Å². The van der Waals surface area contributed by atoms with Crippen LogP contribution in [0.1, 0.15) is 31.2 Å². The fraction of sp³-hybridized carbons (Fsp3) is 0.600. The van der Waals surface area contributed by atoms with Gasteiger partial charge < -0.3 is 10.4 Å². The van der Waals surface area contributed by atoms with Gasteiger partial charge in [-0.05, 0) is 64.8 Å². The molecule has 0 aromatic heterocycles. The van der Waals surface area contributed by atoms with Gasteiger partial charge in [0.1, 0.15) is 5.82 Å². The van der Waals surface area contributed by atoms with Gasteiger partial charge in [-0.1, -0.05) is 18.9 Å². The Morgan fingerprint density at radius 3 is 2.68 bits per heavy atom. The first-order valence-electron chi connectivity index (χ1n) is 6.96. The second-order valence-corrected chi connectivity index (χ2v) is 6.22. The van der Waals surface area contributed by atoms with Gasteiger partial charge in [-0.3, -0.25) is 0 Å². The summed E-state index contributed by atoms with van der Waals surface area (Å²) in [7, 11) is 0. The van der Waals surface area contributed by atoms with Crippen molar-refractivity contribution in [2.75, 3.05) is 13.2 Å².